The third-order valence-corrected chi connectivity index (χ3v) is 3.35. The summed E-state index contributed by atoms with van der Waals surface area (Å²) in [5, 5.41) is 10.3. The minimum absolute atomic E-state index is 0.151. The fourth-order valence-electron chi connectivity index (χ4n) is 2.29. The van der Waals surface area contributed by atoms with E-state index in [4.69, 9.17) is 9.47 Å². The zero-order valence-corrected chi connectivity index (χ0v) is 12.2. The molecule has 3 nitrogen and oxygen atoms in total. The maximum Gasteiger partial charge on any atom is 0.131 e. The molecule has 3 heteroatoms. The van der Waals surface area contributed by atoms with Crippen molar-refractivity contribution in [1.82, 2.24) is 0 Å². The summed E-state index contributed by atoms with van der Waals surface area (Å²) in [6.45, 7) is 0. The third-order valence-electron chi connectivity index (χ3n) is 3.35. The van der Waals surface area contributed by atoms with Crippen LogP contribution in [-0.4, -0.2) is 12.2 Å². The van der Waals surface area contributed by atoms with Crippen molar-refractivity contribution in [2.75, 3.05) is 7.11 Å². The van der Waals surface area contributed by atoms with Crippen molar-refractivity contribution in [1.29, 1.82) is 0 Å². The molecular formula is C19H16O3. The quantitative estimate of drug-likeness (QED) is 0.746. The van der Waals surface area contributed by atoms with Gasteiger partial charge in [-0.25, -0.2) is 0 Å². The van der Waals surface area contributed by atoms with Gasteiger partial charge in [0.1, 0.15) is 23.0 Å². The predicted molar refractivity (Wildman–Crippen MR) is 86.6 cm³/mol. The van der Waals surface area contributed by atoms with Gasteiger partial charge >= 0.3 is 0 Å². The average Bonchev–Trinajstić information content (AvgIpc) is 2.56. The van der Waals surface area contributed by atoms with Crippen LogP contribution in [0.5, 0.6) is 23.0 Å². The number of hydrogen-bond donors (Lipinski definition) is 1. The van der Waals surface area contributed by atoms with E-state index in [1.807, 2.05) is 66.7 Å². The summed E-state index contributed by atoms with van der Waals surface area (Å²) in [5.74, 6) is 2.18. The van der Waals surface area contributed by atoms with E-state index >= 15 is 0 Å². The van der Waals surface area contributed by atoms with Crippen LogP contribution >= 0.6 is 0 Å². The maximum absolute atomic E-state index is 10.3. The Morgan fingerprint density at radius 3 is 2.18 bits per heavy atom. The second kappa shape index (κ2) is 6.22. The number of aromatic hydroxyl groups is 1. The normalized spacial score (nSPS) is 10.2. The minimum atomic E-state index is 0.151. The lowest BCUT2D eigenvalue weighted by Crippen LogP contribution is -1.89. The predicted octanol–water partition coefficient (Wildman–Crippen LogP) is 4.86. The van der Waals surface area contributed by atoms with Crippen LogP contribution in [0.1, 0.15) is 0 Å². The number of benzene rings is 3. The number of hydrogen-bond acceptors (Lipinski definition) is 3. The van der Waals surface area contributed by atoms with E-state index < -0.39 is 0 Å². The molecule has 0 atom stereocenters. The smallest absolute Gasteiger partial charge is 0.131 e. The van der Waals surface area contributed by atoms with Crippen molar-refractivity contribution >= 4 is 0 Å². The van der Waals surface area contributed by atoms with Gasteiger partial charge in [-0.3, -0.25) is 0 Å². The van der Waals surface area contributed by atoms with E-state index in [1.165, 1.54) is 0 Å². The van der Waals surface area contributed by atoms with Crippen LogP contribution in [0.4, 0.5) is 0 Å². The lowest BCUT2D eigenvalue weighted by atomic mass is 10.0. The zero-order valence-electron chi connectivity index (χ0n) is 12.2. The number of para-hydroxylation sites is 2. The molecule has 0 heterocycles. The summed E-state index contributed by atoms with van der Waals surface area (Å²) in [6.07, 6.45) is 0. The van der Waals surface area contributed by atoms with Crippen LogP contribution in [0, 0.1) is 0 Å². The Morgan fingerprint density at radius 2 is 1.45 bits per heavy atom. The van der Waals surface area contributed by atoms with Crippen LogP contribution in [-0.2, 0) is 0 Å². The molecule has 0 aliphatic rings. The third kappa shape index (κ3) is 2.88. The number of rotatable bonds is 4. The highest BCUT2D eigenvalue weighted by Crippen LogP contribution is 2.38. The molecule has 3 aromatic rings. The average molecular weight is 292 g/mol. The van der Waals surface area contributed by atoms with E-state index in [9.17, 15) is 5.11 Å². The molecule has 0 bridgehead atoms. The Hall–Kier alpha value is -2.94. The first-order valence-electron chi connectivity index (χ1n) is 6.97. The fourth-order valence-corrected chi connectivity index (χ4v) is 2.29. The van der Waals surface area contributed by atoms with Crippen LogP contribution in [0.2, 0.25) is 0 Å². The number of methoxy groups -OCH3 is 1. The van der Waals surface area contributed by atoms with Gasteiger partial charge in [-0.05, 0) is 30.3 Å². The van der Waals surface area contributed by atoms with Crippen molar-refractivity contribution in [2.45, 2.75) is 0 Å². The second-order valence-corrected chi connectivity index (χ2v) is 4.79. The Morgan fingerprint density at radius 1 is 0.727 bits per heavy atom. The van der Waals surface area contributed by atoms with E-state index in [-0.39, 0.29) is 5.75 Å². The first-order valence-corrected chi connectivity index (χ1v) is 6.97. The number of phenols is 1. The summed E-state index contributed by atoms with van der Waals surface area (Å²) in [7, 11) is 1.61. The molecule has 0 saturated heterocycles. The van der Waals surface area contributed by atoms with Crippen LogP contribution in [0.3, 0.4) is 0 Å². The van der Waals surface area contributed by atoms with Crippen molar-refractivity contribution in [3.63, 3.8) is 0 Å². The number of phenolic OH excluding ortho intramolecular Hbond substituents is 1. The Kier molecular flexibility index (Phi) is 3.97. The molecule has 0 spiro atoms. The Balaban J connectivity index is 1.92. The Bertz CT molecular complexity index is 767. The summed E-state index contributed by atoms with van der Waals surface area (Å²) >= 11 is 0. The minimum Gasteiger partial charge on any atom is -0.507 e. The molecular weight excluding hydrogens is 276 g/mol. The SMILES string of the molecule is COc1ccccc1-c1ccc(Oc2ccccc2)cc1O. The molecule has 0 unspecified atom stereocenters. The second-order valence-electron chi connectivity index (χ2n) is 4.79. The molecule has 0 aromatic heterocycles. The molecule has 0 radical (unpaired) electrons. The van der Waals surface area contributed by atoms with Crippen molar-refractivity contribution in [2.24, 2.45) is 0 Å². The molecule has 3 aromatic carbocycles. The van der Waals surface area contributed by atoms with E-state index in [1.54, 1.807) is 13.2 Å². The standard InChI is InChI=1S/C19H16O3/c1-21-19-10-6-5-9-17(19)16-12-11-15(13-18(16)20)22-14-7-3-2-4-8-14/h2-13,20H,1H3. The van der Waals surface area contributed by atoms with Gasteiger partial charge in [-0.15, -0.1) is 0 Å². The highest BCUT2D eigenvalue weighted by molar-refractivity contribution is 5.76. The van der Waals surface area contributed by atoms with Gasteiger partial charge in [0, 0.05) is 17.2 Å². The lowest BCUT2D eigenvalue weighted by molar-refractivity contribution is 0.415. The van der Waals surface area contributed by atoms with Gasteiger partial charge in [0.2, 0.25) is 0 Å². The molecule has 110 valence electrons. The summed E-state index contributed by atoms with van der Waals surface area (Å²) in [5.41, 5.74) is 1.55. The van der Waals surface area contributed by atoms with E-state index in [2.05, 4.69) is 0 Å². The topological polar surface area (TPSA) is 38.7 Å². The van der Waals surface area contributed by atoms with Crippen molar-refractivity contribution in [3.8, 4) is 34.1 Å². The summed E-state index contributed by atoms with van der Waals surface area (Å²) < 4.78 is 11.1. The summed E-state index contributed by atoms with van der Waals surface area (Å²) in [4.78, 5) is 0. The van der Waals surface area contributed by atoms with Gasteiger partial charge in [-0.1, -0.05) is 36.4 Å². The van der Waals surface area contributed by atoms with Crippen molar-refractivity contribution < 1.29 is 14.6 Å². The molecule has 0 saturated carbocycles. The molecule has 22 heavy (non-hydrogen) atoms. The maximum atomic E-state index is 10.3. The molecule has 0 fully saturated rings. The molecule has 0 aliphatic carbocycles. The highest BCUT2D eigenvalue weighted by atomic mass is 16.5. The fraction of sp³-hybridized carbons (Fsp3) is 0.0526. The largest absolute Gasteiger partial charge is 0.507 e. The molecule has 0 amide bonds. The van der Waals surface area contributed by atoms with Gasteiger partial charge in [-0.2, -0.15) is 0 Å². The van der Waals surface area contributed by atoms with Gasteiger partial charge < -0.3 is 14.6 Å². The zero-order chi connectivity index (χ0) is 15.4. The summed E-state index contributed by atoms with van der Waals surface area (Å²) in [6, 6.07) is 22.3. The van der Waals surface area contributed by atoms with Gasteiger partial charge in [0.15, 0.2) is 0 Å². The van der Waals surface area contributed by atoms with Crippen molar-refractivity contribution in [3.05, 3.63) is 72.8 Å². The first-order chi connectivity index (χ1) is 10.8. The van der Waals surface area contributed by atoms with Crippen LogP contribution < -0.4 is 9.47 Å². The highest BCUT2D eigenvalue weighted by Gasteiger charge is 2.10. The van der Waals surface area contributed by atoms with Crippen LogP contribution in [0.25, 0.3) is 11.1 Å². The molecule has 1 N–H and O–H groups in total. The van der Waals surface area contributed by atoms with E-state index in [0.29, 0.717) is 11.3 Å². The van der Waals surface area contributed by atoms with Gasteiger partial charge in [0.05, 0.1) is 7.11 Å². The van der Waals surface area contributed by atoms with E-state index in [0.717, 1.165) is 17.1 Å². The van der Waals surface area contributed by atoms with Crippen LogP contribution in [0.15, 0.2) is 72.8 Å². The Labute approximate surface area is 129 Å². The monoisotopic (exact) mass is 292 g/mol. The lowest BCUT2D eigenvalue weighted by Gasteiger charge is -2.12. The van der Waals surface area contributed by atoms with Gasteiger partial charge in [0.25, 0.3) is 0 Å². The number of ether oxygens (including phenoxy) is 2. The first kappa shape index (κ1) is 14.0. The molecule has 3 rings (SSSR count). The molecule has 0 aliphatic heterocycles.